The van der Waals surface area contributed by atoms with Crippen LogP contribution < -0.4 is 10.2 Å². The highest BCUT2D eigenvalue weighted by molar-refractivity contribution is 7.89. The highest BCUT2D eigenvalue weighted by Crippen LogP contribution is 2.28. The first kappa shape index (κ1) is 24.7. The average molecular weight is 507 g/mol. The van der Waals surface area contributed by atoms with Crippen molar-refractivity contribution in [3.05, 3.63) is 60.2 Å². The number of piperidine rings is 2. The molecule has 1 atom stereocenters. The van der Waals surface area contributed by atoms with E-state index in [0.29, 0.717) is 24.5 Å². The van der Waals surface area contributed by atoms with E-state index >= 15 is 0 Å². The minimum atomic E-state index is -3.48. The molecule has 2 aromatic carbocycles. The zero-order chi connectivity index (χ0) is 25.1. The number of sulfonamides is 1. The number of hydrogen-bond acceptors (Lipinski definition) is 5. The van der Waals surface area contributed by atoms with Crippen molar-refractivity contribution in [2.24, 2.45) is 5.92 Å². The monoisotopic (exact) mass is 506 g/mol. The molecule has 0 unspecified atom stereocenters. The highest BCUT2D eigenvalue weighted by Gasteiger charge is 2.28. The molecule has 1 N–H and O–H groups in total. The van der Waals surface area contributed by atoms with Gasteiger partial charge >= 0.3 is 0 Å². The van der Waals surface area contributed by atoms with E-state index in [1.54, 1.807) is 22.5 Å². The molecule has 2 fully saturated rings. The van der Waals surface area contributed by atoms with Crippen molar-refractivity contribution in [1.82, 2.24) is 9.29 Å². The van der Waals surface area contributed by atoms with E-state index in [1.807, 2.05) is 36.4 Å². The zero-order valence-electron chi connectivity index (χ0n) is 20.8. The predicted molar refractivity (Wildman–Crippen MR) is 144 cm³/mol. The molecule has 5 rings (SSSR count). The molecule has 2 aliphatic rings. The van der Waals surface area contributed by atoms with Crippen LogP contribution in [0.4, 0.5) is 11.5 Å². The predicted octanol–water partition coefficient (Wildman–Crippen LogP) is 4.83. The number of rotatable bonds is 6. The summed E-state index contributed by atoms with van der Waals surface area (Å²) in [4.78, 5) is 20.3. The van der Waals surface area contributed by atoms with Crippen LogP contribution in [0.3, 0.4) is 0 Å². The first-order valence-corrected chi connectivity index (χ1v) is 14.4. The van der Waals surface area contributed by atoms with Crippen LogP contribution in [0.25, 0.3) is 10.9 Å². The van der Waals surface area contributed by atoms with Crippen molar-refractivity contribution in [3.8, 4) is 0 Å². The van der Waals surface area contributed by atoms with E-state index in [9.17, 15) is 13.2 Å². The molecule has 2 aliphatic heterocycles. The third kappa shape index (κ3) is 5.25. The Kier molecular flexibility index (Phi) is 7.25. The zero-order valence-corrected chi connectivity index (χ0v) is 21.6. The first-order chi connectivity index (χ1) is 17.4. The van der Waals surface area contributed by atoms with Crippen molar-refractivity contribution >= 4 is 38.3 Å². The number of carbonyl (C=O) groups is 1. The van der Waals surface area contributed by atoms with Gasteiger partial charge in [-0.1, -0.05) is 25.5 Å². The number of aromatic nitrogens is 1. The molecule has 0 radical (unpaired) electrons. The van der Waals surface area contributed by atoms with Crippen LogP contribution in [-0.2, 0) is 21.2 Å². The fourth-order valence-corrected chi connectivity index (χ4v) is 6.70. The van der Waals surface area contributed by atoms with Crippen molar-refractivity contribution in [2.45, 2.75) is 50.3 Å². The lowest BCUT2D eigenvalue weighted by Crippen LogP contribution is -2.41. The van der Waals surface area contributed by atoms with Gasteiger partial charge in [-0.25, -0.2) is 13.4 Å². The number of nitrogens with zero attached hydrogens (tertiary/aromatic N) is 3. The Morgan fingerprint density at radius 1 is 0.972 bits per heavy atom. The number of anilines is 2. The number of hydrogen-bond donors (Lipinski definition) is 1. The molecular formula is C28H34N4O3S. The number of aryl methyl sites for hydroxylation is 1. The Labute approximate surface area is 213 Å². The van der Waals surface area contributed by atoms with Gasteiger partial charge in [0.1, 0.15) is 5.82 Å². The lowest BCUT2D eigenvalue weighted by atomic mass is 9.97. The minimum Gasteiger partial charge on any atom is -0.356 e. The van der Waals surface area contributed by atoms with E-state index in [4.69, 9.17) is 4.98 Å². The maximum atomic E-state index is 13.1. The van der Waals surface area contributed by atoms with Crippen molar-refractivity contribution in [1.29, 1.82) is 0 Å². The molecule has 3 aromatic rings. The summed E-state index contributed by atoms with van der Waals surface area (Å²) in [6.07, 6.45) is 5.65. The van der Waals surface area contributed by atoms with E-state index in [2.05, 4.69) is 17.1 Å². The molecule has 3 heterocycles. The Hall–Kier alpha value is -2.97. The van der Waals surface area contributed by atoms with Gasteiger partial charge in [-0.05, 0) is 80.1 Å². The lowest BCUT2D eigenvalue weighted by Gasteiger charge is -2.33. The van der Waals surface area contributed by atoms with Gasteiger partial charge in [-0.2, -0.15) is 4.31 Å². The third-order valence-electron chi connectivity index (χ3n) is 7.34. The summed E-state index contributed by atoms with van der Waals surface area (Å²) in [7, 11) is -3.48. The molecular weight excluding hydrogens is 472 g/mol. The summed E-state index contributed by atoms with van der Waals surface area (Å²) < 4.78 is 27.7. The fraction of sp³-hybridized carbons (Fsp3) is 0.429. The van der Waals surface area contributed by atoms with Crippen molar-refractivity contribution < 1.29 is 13.2 Å². The van der Waals surface area contributed by atoms with Crippen molar-refractivity contribution in [2.75, 3.05) is 36.4 Å². The number of carbonyl (C=O) groups excluding carboxylic acids is 1. The van der Waals surface area contributed by atoms with Crippen molar-refractivity contribution in [3.63, 3.8) is 0 Å². The maximum Gasteiger partial charge on any atom is 0.243 e. The number of benzene rings is 2. The van der Waals surface area contributed by atoms with Crippen LogP contribution >= 0.6 is 0 Å². The van der Waals surface area contributed by atoms with E-state index in [1.165, 1.54) is 5.56 Å². The van der Waals surface area contributed by atoms with Gasteiger partial charge in [0.25, 0.3) is 0 Å². The molecule has 190 valence electrons. The molecule has 7 nitrogen and oxygen atoms in total. The smallest absolute Gasteiger partial charge is 0.243 e. The SMILES string of the molecule is CCc1ccc(NC(=O)[C@H]2CCCN(c3ccc4cc(S(=O)(=O)N5CCCCC5)ccc4n3)C2)cc1. The maximum absolute atomic E-state index is 13.1. The largest absolute Gasteiger partial charge is 0.356 e. The summed E-state index contributed by atoms with van der Waals surface area (Å²) in [5, 5.41) is 3.87. The Bertz CT molecular complexity index is 1330. The van der Waals surface area contributed by atoms with E-state index < -0.39 is 10.0 Å². The summed E-state index contributed by atoms with van der Waals surface area (Å²) in [6.45, 7) is 4.74. The molecule has 36 heavy (non-hydrogen) atoms. The Morgan fingerprint density at radius 3 is 2.50 bits per heavy atom. The summed E-state index contributed by atoms with van der Waals surface area (Å²) in [6, 6.07) is 17.1. The molecule has 0 aliphatic carbocycles. The molecule has 1 aromatic heterocycles. The van der Waals surface area contributed by atoms with Gasteiger partial charge in [0.05, 0.1) is 16.3 Å². The van der Waals surface area contributed by atoms with E-state index in [-0.39, 0.29) is 11.8 Å². The molecule has 0 saturated carbocycles. The van der Waals surface area contributed by atoms with Gasteiger partial charge in [0.15, 0.2) is 0 Å². The molecule has 0 spiro atoms. The minimum absolute atomic E-state index is 0.0392. The summed E-state index contributed by atoms with van der Waals surface area (Å²) in [5.41, 5.74) is 2.83. The van der Waals surface area contributed by atoms with Crippen LogP contribution in [0.5, 0.6) is 0 Å². The topological polar surface area (TPSA) is 82.6 Å². The number of nitrogens with one attached hydrogen (secondary N) is 1. The van der Waals surface area contributed by atoms with E-state index in [0.717, 1.165) is 67.5 Å². The number of amides is 1. The quantitative estimate of drug-likeness (QED) is 0.518. The van der Waals surface area contributed by atoms with Gasteiger partial charge in [0, 0.05) is 37.3 Å². The van der Waals surface area contributed by atoms with Crippen LogP contribution in [0, 0.1) is 5.92 Å². The summed E-state index contributed by atoms with van der Waals surface area (Å²) >= 11 is 0. The molecule has 2 saturated heterocycles. The van der Waals surface area contributed by atoms with Gasteiger partial charge in [0.2, 0.25) is 15.9 Å². The molecule has 8 heteroatoms. The van der Waals surface area contributed by atoms with Crippen LogP contribution in [0.1, 0.15) is 44.6 Å². The van der Waals surface area contributed by atoms with Crippen LogP contribution in [0.2, 0.25) is 0 Å². The Balaban J connectivity index is 1.29. The van der Waals surface area contributed by atoms with Gasteiger partial charge in [-0.15, -0.1) is 0 Å². The standard InChI is InChI=1S/C28H34N4O3S/c1-2-21-8-11-24(12-9-21)29-28(33)23-7-6-16-31(20-23)27-15-10-22-19-25(13-14-26(22)30-27)36(34,35)32-17-4-3-5-18-32/h8-15,19,23H,2-7,16-18,20H2,1H3,(H,29,33)/t23-/m0/s1. The molecule has 1 amide bonds. The number of pyridine rings is 1. The number of fused-ring (bicyclic) bond motifs is 1. The Morgan fingerprint density at radius 2 is 1.75 bits per heavy atom. The van der Waals surface area contributed by atoms with Crippen LogP contribution in [-0.4, -0.2) is 49.8 Å². The summed E-state index contributed by atoms with van der Waals surface area (Å²) in [5.74, 6) is 0.746. The second-order valence-corrected chi connectivity index (χ2v) is 11.8. The normalized spacial score (nSPS) is 19.4. The fourth-order valence-electron chi connectivity index (χ4n) is 5.15. The molecule has 0 bridgehead atoms. The second kappa shape index (κ2) is 10.6. The van der Waals surface area contributed by atoms with Gasteiger partial charge < -0.3 is 10.2 Å². The highest BCUT2D eigenvalue weighted by atomic mass is 32.2. The third-order valence-corrected chi connectivity index (χ3v) is 9.24. The first-order valence-electron chi connectivity index (χ1n) is 13.0. The second-order valence-electron chi connectivity index (χ2n) is 9.81. The average Bonchev–Trinajstić information content (AvgIpc) is 2.93. The van der Waals surface area contributed by atoms with Crippen LogP contribution in [0.15, 0.2) is 59.5 Å². The van der Waals surface area contributed by atoms with Gasteiger partial charge in [-0.3, -0.25) is 4.79 Å². The lowest BCUT2D eigenvalue weighted by molar-refractivity contribution is -0.120.